The summed E-state index contributed by atoms with van der Waals surface area (Å²) in [5.74, 6) is 0.105. The molecule has 0 spiro atoms. The summed E-state index contributed by atoms with van der Waals surface area (Å²) >= 11 is 0. The van der Waals surface area contributed by atoms with Crippen LogP contribution in [0, 0.1) is 13.8 Å². The van der Waals surface area contributed by atoms with Gasteiger partial charge in [0.05, 0.1) is 6.54 Å². The number of carbonyl (C=O) groups is 1. The lowest BCUT2D eigenvalue weighted by Crippen LogP contribution is -2.51. The average molecular weight is 232 g/mol. The molecular weight excluding hydrogens is 212 g/mol. The van der Waals surface area contributed by atoms with Gasteiger partial charge in [0.25, 0.3) is 0 Å². The molecule has 0 bridgehead atoms. The molecule has 1 aromatic rings. The van der Waals surface area contributed by atoms with Gasteiger partial charge >= 0.3 is 0 Å². The van der Waals surface area contributed by atoms with Crippen molar-refractivity contribution < 1.29 is 4.79 Å². The van der Waals surface area contributed by atoms with Gasteiger partial charge in [-0.2, -0.15) is 0 Å². The fourth-order valence-electron chi connectivity index (χ4n) is 2.21. The van der Waals surface area contributed by atoms with Crippen molar-refractivity contribution in [3.05, 3.63) is 34.9 Å². The second-order valence-electron chi connectivity index (χ2n) is 4.85. The summed E-state index contributed by atoms with van der Waals surface area (Å²) in [6, 6.07) is 7.00. The standard InChI is InChI=1S/C14H20N2O/c1-10-3-4-11(2)12(7-10)5-6-13-8-16-14(17)9-15-13/h3-4,7,13,15H,5-6,8-9H2,1-2H3,(H,16,17). The predicted molar refractivity (Wildman–Crippen MR) is 69.0 cm³/mol. The fourth-order valence-corrected chi connectivity index (χ4v) is 2.21. The number of carbonyl (C=O) groups excluding carboxylic acids is 1. The number of aryl methyl sites for hydroxylation is 3. The van der Waals surface area contributed by atoms with Crippen molar-refractivity contribution in [1.29, 1.82) is 0 Å². The number of hydrogen-bond acceptors (Lipinski definition) is 2. The summed E-state index contributed by atoms with van der Waals surface area (Å²) in [5, 5.41) is 6.15. The maximum absolute atomic E-state index is 11.0. The van der Waals surface area contributed by atoms with Crippen molar-refractivity contribution in [3.8, 4) is 0 Å². The smallest absolute Gasteiger partial charge is 0.234 e. The van der Waals surface area contributed by atoms with Crippen molar-refractivity contribution in [2.24, 2.45) is 0 Å². The molecule has 2 rings (SSSR count). The third-order valence-electron chi connectivity index (χ3n) is 3.36. The fraction of sp³-hybridized carbons (Fsp3) is 0.500. The van der Waals surface area contributed by atoms with Crippen LogP contribution in [0.1, 0.15) is 23.1 Å². The number of nitrogens with one attached hydrogen (secondary N) is 2. The Morgan fingerprint density at radius 1 is 1.35 bits per heavy atom. The number of benzene rings is 1. The van der Waals surface area contributed by atoms with Crippen molar-refractivity contribution in [2.75, 3.05) is 13.1 Å². The highest BCUT2D eigenvalue weighted by Gasteiger charge is 2.16. The Labute approximate surface area is 103 Å². The lowest BCUT2D eigenvalue weighted by Gasteiger charge is -2.24. The van der Waals surface area contributed by atoms with Gasteiger partial charge in [-0.25, -0.2) is 0 Å². The highest BCUT2D eigenvalue weighted by molar-refractivity contribution is 5.78. The average Bonchev–Trinajstić information content (AvgIpc) is 2.32. The maximum Gasteiger partial charge on any atom is 0.234 e. The van der Waals surface area contributed by atoms with Crippen LogP contribution < -0.4 is 10.6 Å². The second-order valence-corrected chi connectivity index (χ2v) is 4.85. The van der Waals surface area contributed by atoms with E-state index in [2.05, 4.69) is 42.7 Å². The molecule has 1 amide bonds. The SMILES string of the molecule is Cc1ccc(C)c(CCC2CNC(=O)CN2)c1. The normalized spacial score (nSPS) is 20.1. The molecule has 0 aromatic heterocycles. The Bertz CT molecular complexity index is 405. The van der Waals surface area contributed by atoms with Crippen LogP contribution in [0.15, 0.2) is 18.2 Å². The van der Waals surface area contributed by atoms with Gasteiger partial charge in [-0.1, -0.05) is 23.8 Å². The van der Waals surface area contributed by atoms with Crippen LogP contribution >= 0.6 is 0 Å². The largest absolute Gasteiger partial charge is 0.353 e. The first-order valence-electron chi connectivity index (χ1n) is 6.21. The zero-order valence-electron chi connectivity index (χ0n) is 10.5. The van der Waals surface area contributed by atoms with Gasteiger partial charge in [-0.05, 0) is 37.8 Å². The minimum Gasteiger partial charge on any atom is -0.353 e. The van der Waals surface area contributed by atoms with Crippen LogP contribution in [0.4, 0.5) is 0 Å². The van der Waals surface area contributed by atoms with E-state index in [1.165, 1.54) is 16.7 Å². The van der Waals surface area contributed by atoms with E-state index in [4.69, 9.17) is 0 Å². The van der Waals surface area contributed by atoms with E-state index in [1.54, 1.807) is 0 Å². The third-order valence-corrected chi connectivity index (χ3v) is 3.36. The zero-order chi connectivity index (χ0) is 12.3. The second kappa shape index (κ2) is 5.32. The summed E-state index contributed by atoms with van der Waals surface area (Å²) in [6.45, 7) is 5.49. The topological polar surface area (TPSA) is 41.1 Å². The number of rotatable bonds is 3. The molecule has 92 valence electrons. The van der Waals surface area contributed by atoms with Crippen LogP contribution in [0.25, 0.3) is 0 Å². The molecule has 2 N–H and O–H groups in total. The molecule has 1 atom stereocenters. The number of amides is 1. The Morgan fingerprint density at radius 2 is 2.18 bits per heavy atom. The molecule has 0 aliphatic carbocycles. The van der Waals surface area contributed by atoms with Crippen molar-refractivity contribution in [3.63, 3.8) is 0 Å². The summed E-state index contributed by atoms with van der Waals surface area (Å²) in [4.78, 5) is 11.0. The monoisotopic (exact) mass is 232 g/mol. The van der Waals surface area contributed by atoms with E-state index in [1.807, 2.05) is 0 Å². The quantitative estimate of drug-likeness (QED) is 0.825. The van der Waals surface area contributed by atoms with E-state index in [0.717, 1.165) is 19.4 Å². The van der Waals surface area contributed by atoms with Gasteiger partial charge in [0.2, 0.25) is 5.91 Å². The van der Waals surface area contributed by atoms with Gasteiger partial charge in [0, 0.05) is 12.6 Å². The van der Waals surface area contributed by atoms with E-state index in [0.29, 0.717) is 12.6 Å². The summed E-state index contributed by atoms with van der Waals surface area (Å²) < 4.78 is 0. The van der Waals surface area contributed by atoms with Gasteiger partial charge in [0.1, 0.15) is 0 Å². The Kier molecular flexibility index (Phi) is 3.79. The highest BCUT2D eigenvalue weighted by Crippen LogP contribution is 2.13. The van der Waals surface area contributed by atoms with Gasteiger partial charge in [0.15, 0.2) is 0 Å². The van der Waals surface area contributed by atoms with Gasteiger partial charge < -0.3 is 10.6 Å². The van der Waals surface area contributed by atoms with E-state index >= 15 is 0 Å². The van der Waals surface area contributed by atoms with Crippen LogP contribution in [0.5, 0.6) is 0 Å². The number of piperazine rings is 1. The molecule has 0 saturated carbocycles. The van der Waals surface area contributed by atoms with Crippen LogP contribution in [0.2, 0.25) is 0 Å². The summed E-state index contributed by atoms with van der Waals surface area (Å²) in [6.07, 6.45) is 2.14. The third kappa shape index (κ3) is 3.30. The molecule has 17 heavy (non-hydrogen) atoms. The van der Waals surface area contributed by atoms with Gasteiger partial charge in [-0.15, -0.1) is 0 Å². The number of hydrogen-bond donors (Lipinski definition) is 2. The molecule has 0 radical (unpaired) electrons. The Hall–Kier alpha value is -1.35. The first kappa shape index (κ1) is 12.1. The Morgan fingerprint density at radius 3 is 2.88 bits per heavy atom. The molecule has 1 saturated heterocycles. The van der Waals surface area contributed by atoms with Crippen molar-refractivity contribution in [1.82, 2.24) is 10.6 Å². The summed E-state index contributed by atoms with van der Waals surface area (Å²) in [7, 11) is 0. The van der Waals surface area contributed by atoms with Crippen molar-refractivity contribution in [2.45, 2.75) is 32.7 Å². The molecule has 1 fully saturated rings. The lowest BCUT2D eigenvalue weighted by molar-refractivity contribution is -0.121. The molecule has 1 aliphatic heterocycles. The minimum atomic E-state index is 0.105. The molecule has 1 aromatic carbocycles. The Balaban J connectivity index is 1.89. The lowest BCUT2D eigenvalue weighted by atomic mass is 9.98. The highest BCUT2D eigenvalue weighted by atomic mass is 16.2. The zero-order valence-corrected chi connectivity index (χ0v) is 10.5. The molecule has 3 heteroatoms. The van der Waals surface area contributed by atoms with E-state index in [-0.39, 0.29) is 5.91 Å². The predicted octanol–water partition coefficient (Wildman–Crippen LogP) is 1.32. The molecular formula is C14H20N2O. The van der Waals surface area contributed by atoms with E-state index in [9.17, 15) is 4.79 Å². The van der Waals surface area contributed by atoms with Crippen LogP contribution in [-0.4, -0.2) is 25.0 Å². The molecule has 3 nitrogen and oxygen atoms in total. The molecule has 1 unspecified atom stereocenters. The van der Waals surface area contributed by atoms with Crippen LogP contribution in [-0.2, 0) is 11.2 Å². The van der Waals surface area contributed by atoms with Crippen molar-refractivity contribution >= 4 is 5.91 Å². The van der Waals surface area contributed by atoms with Crippen LogP contribution in [0.3, 0.4) is 0 Å². The van der Waals surface area contributed by atoms with E-state index < -0.39 is 0 Å². The maximum atomic E-state index is 11.0. The summed E-state index contributed by atoms with van der Waals surface area (Å²) in [5.41, 5.74) is 4.09. The first-order chi connectivity index (χ1) is 8.15. The minimum absolute atomic E-state index is 0.105. The van der Waals surface area contributed by atoms with Gasteiger partial charge in [-0.3, -0.25) is 4.79 Å². The first-order valence-corrected chi connectivity index (χ1v) is 6.21. The molecule has 1 aliphatic rings. The molecule has 1 heterocycles.